The van der Waals surface area contributed by atoms with Crippen LogP contribution < -0.4 is 5.32 Å². The van der Waals surface area contributed by atoms with Gasteiger partial charge in [-0.05, 0) is 50.4 Å². The number of hydrogen-bond donors (Lipinski definition) is 1. The third kappa shape index (κ3) is 4.13. The van der Waals surface area contributed by atoms with Gasteiger partial charge in [-0.25, -0.2) is 8.42 Å². The summed E-state index contributed by atoms with van der Waals surface area (Å²) >= 11 is 11.8. The molecule has 0 aromatic heterocycles. The van der Waals surface area contributed by atoms with E-state index in [0.29, 0.717) is 23.9 Å². The fourth-order valence-corrected chi connectivity index (χ4v) is 5.06. The minimum absolute atomic E-state index is 0.276. The van der Waals surface area contributed by atoms with Crippen molar-refractivity contribution in [3.05, 3.63) is 28.2 Å². The zero-order valence-corrected chi connectivity index (χ0v) is 14.4. The molecule has 3 nitrogen and oxygen atoms in total. The van der Waals surface area contributed by atoms with Gasteiger partial charge in [0.1, 0.15) is 0 Å². The van der Waals surface area contributed by atoms with Crippen molar-refractivity contribution in [2.75, 3.05) is 6.54 Å². The van der Waals surface area contributed by atoms with Gasteiger partial charge in [-0.3, -0.25) is 0 Å². The quantitative estimate of drug-likeness (QED) is 0.870. The van der Waals surface area contributed by atoms with E-state index in [2.05, 4.69) is 12.2 Å². The first-order valence-corrected chi connectivity index (χ1v) is 9.67. The molecule has 0 bridgehead atoms. The van der Waals surface area contributed by atoms with Gasteiger partial charge >= 0.3 is 0 Å². The summed E-state index contributed by atoms with van der Waals surface area (Å²) in [5, 5.41) is 3.76. The van der Waals surface area contributed by atoms with Gasteiger partial charge in [0.25, 0.3) is 0 Å². The maximum absolute atomic E-state index is 12.7. The molecule has 118 valence electrons. The molecule has 1 aromatic carbocycles. The molecule has 21 heavy (non-hydrogen) atoms. The van der Waals surface area contributed by atoms with E-state index in [9.17, 15) is 8.42 Å². The molecule has 2 rings (SSSR count). The maximum Gasteiger partial charge on any atom is 0.181 e. The lowest BCUT2D eigenvalue weighted by molar-refractivity contribution is 0.372. The Morgan fingerprint density at radius 1 is 1.24 bits per heavy atom. The largest absolute Gasteiger partial charge is 0.314 e. The van der Waals surface area contributed by atoms with Gasteiger partial charge in [0.05, 0.1) is 20.2 Å². The molecule has 0 saturated heterocycles. The molecule has 1 aliphatic carbocycles. The van der Waals surface area contributed by atoms with Crippen molar-refractivity contribution in [3.63, 3.8) is 0 Å². The average molecular weight is 350 g/mol. The molecule has 1 aromatic rings. The zero-order valence-electron chi connectivity index (χ0n) is 12.1. The molecule has 2 atom stereocenters. The first-order chi connectivity index (χ1) is 9.95. The molecule has 1 fully saturated rings. The number of halogens is 2. The second-order valence-electron chi connectivity index (χ2n) is 5.56. The van der Waals surface area contributed by atoms with E-state index in [4.69, 9.17) is 23.2 Å². The van der Waals surface area contributed by atoms with Gasteiger partial charge in [-0.2, -0.15) is 0 Å². The molecular weight excluding hydrogens is 329 g/mol. The lowest BCUT2D eigenvalue weighted by Gasteiger charge is -2.29. The summed E-state index contributed by atoms with van der Waals surface area (Å²) in [6.45, 7) is 3.05. The SMILES string of the molecule is CCCNC1CCCC(S(=O)(=O)c2ccc(Cl)c(Cl)c2)C1. The van der Waals surface area contributed by atoms with Crippen molar-refractivity contribution in [2.45, 2.75) is 55.2 Å². The molecule has 1 saturated carbocycles. The molecule has 6 heteroatoms. The Labute approximate surface area is 136 Å². The van der Waals surface area contributed by atoms with Crippen LogP contribution in [-0.4, -0.2) is 26.3 Å². The van der Waals surface area contributed by atoms with Crippen molar-refractivity contribution in [2.24, 2.45) is 0 Å². The van der Waals surface area contributed by atoms with Crippen molar-refractivity contribution >= 4 is 33.0 Å². The molecule has 1 N–H and O–H groups in total. The van der Waals surface area contributed by atoms with Crippen molar-refractivity contribution in [1.82, 2.24) is 5.32 Å². The monoisotopic (exact) mass is 349 g/mol. The van der Waals surface area contributed by atoms with E-state index in [-0.39, 0.29) is 15.2 Å². The Balaban J connectivity index is 2.16. The Bertz CT molecular complexity index is 589. The Morgan fingerprint density at radius 2 is 2.00 bits per heavy atom. The summed E-state index contributed by atoms with van der Waals surface area (Å²) in [6, 6.07) is 4.85. The van der Waals surface area contributed by atoms with E-state index in [1.165, 1.54) is 6.07 Å². The Kier molecular flexibility index (Phi) is 5.95. The van der Waals surface area contributed by atoms with E-state index in [0.717, 1.165) is 25.8 Å². The number of nitrogens with one attached hydrogen (secondary N) is 1. The molecule has 0 radical (unpaired) electrons. The lowest BCUT2D eigenvalue weighted by atomic mass is 9.95. The average Bonchev–Trinajstić information content (AvgIpc) is 2.48. The highest BCUT2D eigenvalue weighted by atomic mass is 35.5. The maximum atomic E-state index is 12.7. The van der Waals surface area contributed by atoms with E-state index in [1.807, 2.05) is 0 Å². The molecule has 0 aliphatic heterocycles. The van der Waals surface area contributed by atoms with Crippen LogP contribution >= 0.6 is 23.2 Å². The first kappa shape index (κ1) is 17.1. The Morgan fingerprint density at radius 3 is 2.67 bits per heavy atom. The molecule has 0 spiro atoms. The van der Waals surface area contributed by atoms with Gasteiger partial charge in [0.2, 0.25) is 0 Å². The van der Waals surface area contributed by atoms with Crippen LogP contribution in [0.5, 0.6) is 0 Å². The second kappa shape index (κ2) is 7.32. The minimum Gasteiger partial charge on any atom is -0.314 e. The fraction of sp³-hybridized carbons (Fsp3) is 0.600. The molecule has 0 amide bonds. The van der Waals surface area contributed by atoms with Crippen LogP contribution in [0.1, 0.15) is 39.0 Å². The van der Waals surface area contributed by atoms with E-state index < -0.39 is 9.84 Å². The minimum atomic E-state index is -3.34. The predicted molar refractivity (Wildman–Crippen MR) is 88.0 cm³/mol. The van der Waals surface area contributed by atoms with Crippen molar-refractivity contribution in [1.29, 1.82) is 0 Å². The summed E-state index contributed by atoms with van der Waals surface area (Å²) in [5.74, 6) is 0. The zero-order chi connectivity index (χ0) is 15.5. The number of rotatable bonds is 5. The van der Waals surface area contributed by atoms with E-state index >= 15 is 0 Å². The third-order valence-electron chi connectivity index (χ3n) is 3.97. The van der Waals surface area contributed by atoms with Gasteiger partial charge in [-0.1, -0.05) is 36.5 Å². The summed E-state index contributed by atoms with van der Waals surface area (Å²) in [5.41, 5.74) is 0. The Hall–Kier alpha value is -0.290. The molecule has 2 unspecified atom stereocenters. The highest BCUT2D eigenvalue weighted by molar-refractivity contribution is 7.92. The number of hydrogen-bond acceptors (Lipinski definition) is 3. The number of benzene rings is 1. The fourth-order valence-electron chi connectivity index (χ4n) is 2.81. The van der Waals surface area contributed by atoms with Gasteiger partial charge < -0.3 is 5.32 Å². The van der Waals surface area contributed by atoms with Crippen molar-refractivity contribution < 1.29 is 8.42 Å². The topological polar surface area (TPSA) is 46.2 Å². The summed E-state index contributed by atoms with van der Waals surface area (Å²) in [4.78, 5) is 0.276. The van der Waals surface area contributed by atoms with Crippen LogP contribution in [0.15, 0.2) is 23.1 Å². The summed E-state index contributed by atoms with van der Waals surface area (Å²) in [6.07, 6.45) is 4.43. The molecule has 0 heterocycles. The van der Waals surface area contributed by atoms with Gasteiger partial charge in [-0.15, -0.1) is 0 Å². The normalized spacial score (nSPS) is 23.2. The highest BCUT2D eigenvalue weighted by Gasteiger charge is 2.32. The highest BCUT2D eigenvalue weighted by Crippen LogP contribution is 2.32. The first-order valence-electron chi connectivity index (χ1n) is 7.37. The summed E-state index contributed by atoms with van der Waals surface area (Å²) in [7, 11) is -3.34. The molecular formula is C15H21Cl2NO2S. The smallest absolute Gasteiger partial charge is 0.181 e. The van der Waals surface area contributed by atoms with E-state index in [1.54, 1.807) is 12.1 Å². The lowest BCUT2D eigenvalue weighted by Crippen LogP contribution is -2.39. The molecule has 1 aliphatic rings. The van der Waals surface area contributed by atoms with Crippen LogP contribution in [-0.2, 0) is 9.84 Å². The van der Waals surface area contributed by atoms with Gasteiger partial charge in [0.15, 0.2) is 9.84 Å². The van der Waals surface area contributed by atoms with Crippen LogP contribution in [0, 0.1) is 0 Å². The standard InChI is InChI=1S/C15H21Cl2NO2S/c1-2-8-18-11-4-3-5-12(9-11)21(19,20)13-6-7-14(16)15(17)10-13/h6-7,10-12,18H,2-5,8-9H2,1H3. The second-order valence-corrected chi connectivity index (χ2v) is 8.60. The number of sulfone groups is 1. The van der Waals surface area contributed by atoms with Crippen LogP contribution in [0.2, 0.25) is 10.0 Å². The summed E-state index contributed by atoms with van der Waals surface area (Å²) < 4.78 is 25.5. The van der Waals surface area contributed by atoms with Gasteiger partial charge in [0, 0.05) is 6.04 Å². The van der Waals surface area contributed by atoms with Crippen LogP contribution in [0.4, 0.5) is 0 Å². The predicted octanol–water partition coefficient (Wildman–Crippen LogP) is 4.08. The van der Waals surface area contributed by atoms with Crippen molar-refractivity contribution in [3.8, 4) is 0 Å². The van der Waals surface area contributed by atoms with Crippen LogP contribution in [0.25, 0.3) is 0 Å². The van der Waals surface area contributed by atoms with Crippen LogP contribution in [0.3, 0.4) is 0 Å². The third-order valence-corrected chi connectivity index (χ3v) is 6.92.